The summed E-state index contributed by atoms with van der Waals surface area (Å²) in [5.74, 6) is 0.595. The number of hydrogen-bond acceptors (Lipinski definition) is 3. The molecule has 6 heteroatoms. The molecule has 1 atom stereocenters. The molecule has 0 aromatic heterocycles. The van der Waals surface area contributed by atoms with Crippen LogP contribution in [0.3, 0.4) is 0 Å². The molecule has 2 aliphatic rings. The third-order valence-corrected chi connectivity index (χ3v) is 3.80. The van der Waals surface area contributed by atoms with Gasteiger partial charge in [0.25, 0.3) is 0 Å². The Morgan fingerprint density at radius 1 is 1.25 bits per heavy atom. The molecule has 2 aliphatic heterocycles. The molecule has 0 radical (unpaired) electrons. The van der Waals surface area contributed by atoms with E-state index in [0.717, 1.165) is 38.8 Å². The van der Waals surface area contributed by atoms with Crippen LogP contribution in [-0.2, 0) is 12.6 Å². The minimum absolute atomic E-state index is 0.0356. The molecular weight excluding hydrogens is 269 g/mol. The van der Waals surface area contributed by atoms with Crippen molar-refractivity contribution in [2.45, 2.75) is 18.7 Å². The molecule has 0 amide bonds. The van der Waals surface area contributed by atoms with E-state index in [4.69, 9.17) is 4.74 Å². The van der Waals surface area contributed by atoms with E-state index in [1.165, 1.54) is 12.1 Å². The van der Waals surface area contributed by atoms with E-state index >= 15 is 0 Å². The first-order valence-corrected chi connectivity index (χ1v) is 6.82. The summed E-state index contributed by atoms with van der Waals surface area (Å²) in [4.78, 5) is 2.29. The summed E-state index contributed by atoms with van der Waals surface area (Å²) in [6.45, 7) is 4.61. The van der Waals surface area contributed by atoms with Crippen LogP contribution < -0.4 is 10.1 Å². The summed E-state index contributed by atoms with van der Waals surface area (Å²) in [6, 6.07) is 3.75. The lowest BCUT2D eigenvalue weighted by Gasteiger charge is -2.29. The number of alkyl halides is 3. The number of fused-ring (bicyclic) bond motifs is 1. The standard InChI is InChI=1S/C14H17F3N2O/c15-14(16,17)11-1-2-13-10(7-11)8-12(20-13)9-19-5-3-18-4-6-19/h1-2,7,12,18H,3-6,8-9H2/t12-/m1/s1. The van der Waals surface area contributed by atoms with E-state index in [9.17, 15) is 13.2 Å². The first kappa shape index (κ1) is 13.7. The molecule has 1 fully saturated rings. The van der Waals surface area contributed by atoms with E-state index < -0.39 is 11.7 Å². The van der Waals surface area contributed by atoms with Gasteiger partial charge in [0, 0.05) is 39.1 Å². The molecule has 110 valence electrons. The zero-order valence-corrected chi connectivity index (χ0v) is 11.0. The summed E-state index contributed by atoms with van der Waals surface area (Å²) in [5, 5.41) is 3.27. The van der Waals surface area contributed by atoms with Crippen LogP contribution in [0, 0.1) is 0 Å². The molecule has 1 aromatic carbocycles. The molecule has 2 heterocycles. The second kappa shape index (κ2) is 5.26. The Hall–Kier alpha value is -1.27. The van der Waals surface area contributed by atoms with Crippen LogP contribution in [0.1, 0.15) is 11.1 Å². The molecule has 0 aliphatic carbocycles. The Labute approximate surface area is 115 Å². The summed E-state index contributed by atoms with van der Waals surface area (Å²) >= 11 is 0. The SMILES string of the molecule is FC(F)(F)c1ccc2c(c1)C[C@H](CN1CCNCC1)O2. The first-order valence-electron chi connectivity index (χ1n) is 6.82. The topological polar surface area (TPSA) is 24.5 Å². The summed E-state index contributed by atoms with van der Waals surface area (Å²) in [6.07, 6.45) is -3.76. The first-order chi connectivity index (χ1) is 9.52. The lowest BCUT2D eigenvalue weighted by Crippen LogP contribution is -2.47. The van der Waals surface area contributed by atoms with Crippen molar-refractivity contribution in [3.63, 3.8) is 0 Å². The Kier molecular flexibility index (Phi) is 3.60. The number of halogens is 3. The molecule has 0 saturated carbocycles. The maximum Gasteiger partial charge on any atom is 0.416 e. The van der Waals surface area contributed by atoms with Crippen LogP contribution in [0.4, 0.5) is 13.2 Å². The highest BCUT2D eigenvalue weighted by atomic mass is 19.4. The second-order valence-corrected chi connectivity index (χ2v) is 5.31. The number of benzene rings is 1. The van der Waals surface area contributed by atoms with Gasteiger partial charge < -0.3 is 10.1 Å². The van der Waals surface area contributed by atoms with E-state index in [-0.39, 0.29) is 6.10 Å². The maximum atomic E-state index is 12.7. The fourth-order valence-electron chi connectivity index (χ4n) is 2.78. The number of ether oxygens (including phenoxy) is 1. The quantitative estimate of drug-likeness (QED) is 0.899. The highest BCUT2D eigenvalue weighted by molar-refractivity contribution is 5.41. The number of hydrogen-bond donors (Lipinski definition) is 1. The molecular formula is C14H17F3N2O. The third-order valence-electron chi connectivity index (χ3n) is 3.80. The average molecular weight is 286 g/mol. The predicted octanol–water partition coefficient (Wildman–Crippen LogP) is 1.91. The summed E-state index contributed by atoms with van der Waals surface area (Å²) in [5.41, 5.74) is 0.0719. The van der Waals surface area contributed by atoms with Gasteiger partial charge in [-0.3, -0.25) is 4.90 Å². The molecule has 3 nitrogen and oxygen atoms in total. The van der Waals surface area contributed by atoms with Crippen LogP contribution in [0.2, 0.25) is 0 Å². The van der Waals surface area contributed by atoms with Gasteiger partial charge in [0.05, 0.1) is 5.56 Å². The summed E-state index contributed by atoms with van der Waals surface area (Å²) in [7, 11) is 0. The largest absolute Gasteiger partial charge is 0.488 e. The fourth-order valence-corrected chi connectivity index (χ4v) is 2.78. The van der Waals surface area contributed by atoms with E-state index in [1.807, 2.05) is 0 Å². The van der Waals surface area contributed by atoms with Gasteiger partial charge in [-0.15, -0.1) is 0 Å². The van der Waals surface area contributed by atoms with Gasteiger partial charge in [-0.1, -0.05) is 0 Å². The van der Waals surface area contributed by atoms with E-state index in [0.29, 0.717) is 17.7 Å². The van der Waals surface area contributed by atoms with Crippen molar-refractivity contribution in [3.8, 4) is 5.75 Å². The number of nitrogens with one attached hydrogen (secondary N) is 1. The molecule has 0 bridgehead atoms. The van der Waals surface area contributed by atoms with Crippen molar-refractivity contribution in [1.82, 2.24) is 10.2 Å². The van der Waals surface area contributed by atoms with Crippen molar-refractivity contribution in [3.05, 3.63) is 29.3 Å². The molecule has 1 N–H and O–H groups in total. The van der Waals surface area contributed by atoms with Gasteiger partial charge in [0.15, 0.2) is 0 Å². The number of piperazine rings is 1. The average Bonchev–Trinajstić information content (AvgIpc) is 2.80. The Morgan fingerprint density at radius 2 is 2.00 bits per heavy atom. The summed E-state index contributed by atoms with van der Waals surface area (Å²) < 4.78 is 43.8. The van der Waals surface area contributed by atoms with Crippen LogP contribution in [0.15, 0.2) is 18.2 Å². The van der Waals surface area contributed by atoms with Crippen LogP contribution in [0.5, 0.6) is 5.75 Å². The lowest BCUT2D eigenvalue weighted by atomic mass is 10.1. The lowest BCUT2D eigenvalue weighted by molar-refractivity contribution is -0.137. The molecule has 0 unspecified atom stereocenters. The van der Waals surface area contributed by atoms with Crippen molar-refractivity contribution in [2.75, 3.05) is 32.7 Å². The van der Waals surface area contributed by atoms with Crippen molar-refractivity contribution < 1.29 is 17.9 Å². The normalized spacial score (nSPS) is 23.4. The van der Waals surface area contributed by atoms with Crippen molar-refractivity contribution in [2.24, 2.45) is 0 Å². The van der Waals surface area contributed by atoms with Crippen LogP contribution >= 0.6 is 0 Å². The van der Waals surface area contributed by atoms with E-state index in [2.05, 4.69) is 10.2 Å². The maximum absolute atomic E-state index is 12.7. The zero-order chi connectivity index (χ0) is 14.2. The van der Waals surface area contributed by atoms with Crippen LogP contribution in [-0.4, -0.2) is 43.7 Å². The fraction of sp³-hybridized carbons (Fsp3) is 0.571. The highest BCUT2D eigenvalue weighted by Gasteiger charge is 2.33. The number of rotatable bonds is 2. The molecule has 1 aromatic rings. The van der Waals surface area contributed by atoms with E-state index in [1.54, 1.807) is 0 Å². The van der Waals surface area contributed by atoms with Gasteiger partial charge in [-0.25, -0.2) is 0 Å². The molecule has 1 saturated heterocycles. The van der Waals surface area contributed by atoms with Gasteiger partial charge >= 0.3 is 6.18 Å². The molecule has 3 rings (SSSR count). The molecule has 0 spiro atoms. The minimum Gasteiger partial charge on any atom is -0.488 e. The smallest absolute Gasteiger partial charge is 0.416 e. The Morgan fingerprint density at radius 3 is 2.70 bits per heavy atom. The van der Waals surface area contributed by atoms with Crippen molar-refractivity contribution >= 4 is 0 Å². The van der Waals surface area contributed by atoms with Gasteiger partial charge in [0.1, 0.15) is 11.9 Å². The Bertz CT molecular complexity index is 484. The minimum atomic E-state index is -4.29. The van der Waals surface area contributed by atoms with Gasteiger partial charge in [-0.05, 0) is 23.8 Å². The van der Waals surface area contributed by atoms with Gasteiger partial charge in [0.2, 0.25) is 0 Å². The molecule has 20 heavy (non-hydrogen) atoms. The zero-order valence-electron chi connectivity index (χ0n) is 11.0. The monoisotopic (exact) mass is 286 g/mol. The highest BCUT2D eigenvalue weighted by Crippen LogP contribution is 2.36. The van der Waals surface area contributed by atoms with Crippen LogP contribution in [0.25, 0.3) is 0 Å². The Balaban J connectivity index is 1.66. The van der Waals surface area contributed by atoms with Crippen molar-refractivity contribution in [1.29, 1.82) is 0 Å². The third kappa shape index (κ3) is 2.91. The number of nitrogens with zero attached hydrogens (tertiary/aromatic N) is 1. The van der Waals surface area contributed by atoms with Gasteiger partial charge in [-0.2, -0.15) is 13.2 Å². The second-order valence-electron chi connectivity index (χ2n) is 5.31. The predicted molar refractivity (Wildman–Crippen MR) is 68.9 cm³/mol.